The molecule has 1 heterocycles. The Morgan fingerprint density at radius 2 is 2.17 bits per heavy atom. The van der Waals surface area contributed by atoms with Crippen LogP contribution in [-0.2, 0) is 4.79 Å². The van der Waals surface area contributed by atoms with Crippen molar-refractivity contribution in [3.8, 4) is 5.75 Å². The van der Waals surface area contributed by atoms with Gasteiger partial charge in [0.15, 0.2) is 6.61 Å². The van der Waals surface area contributed by atoms with Crippen LogP contribution in [0, 0.1) is 12.8 Å². The van der Waals surface area contributed by atoms with E-state index in [1.807, 2.05) is 24.9 Å². The third-order valence-corrected chi connectivity index (χ3v) is 4.51. The molecule has 1 aliphatic heterocycles. The second-order valence-electron chi connectivity index (χ2n) is 6.89. The van der Waals surface area contributed by atoms with E-state index in [4.69, 9.17) is 4.74 Å². The van der Waals surface area contributed by atoms with Gasteiger partial charge in [-0.2, -0.15) is 0 Å². The third kappa shape index (κ3) is 5.67. The van der Waals surface area contributed by atoms with Crippen LogP contribution < -0.4 is 10.1 Å². The van der Waals surface area contributed by atoms with E-state index in [-0.39, 0.29) is 24.9 Å². The van der Waals surface area contributed by atoms with Gasteiger partial charge in [0.1, 0.15) is 5.75 Å². The van der Waals surface area contributed by atoms with Crippen LogP contribution >= 0.6 is 12.4 Å². The van der Waals surface area contributed by atoms with Crippen molar-refractivity contribution < 1.29 is 9.53 Å². The smallest absolute Gasteiger partial charge is 0.260 e. The van der Waals surface area contributed by atoms with Crippen LogP contribution in [0.4, 0.5) is 0 Å². The lowest BCUT2D eigenvalue weighted by molar-refractivity contribution is -0.135. The number of halogens is 1. The van der Waals surface area contributed by atoms with Crippen molar-refractivity contribution in [2.45, 2.75) is 39.5 Å². The molecule has 1 fully saturated rings. The van der Waals surface area contributed by atoms with Crippen LogP contribution in [0.5, 0.6) is 5.75 Å². The first-order chi connectivity index (χ1) is 11.0. The van der Waals surface area contributed by atoms with Crippen LogP contribution in [0.1, 0.15) is 43.7 Å². The molecular formula is C19H31ClN2O2. The van der Waals surface area contributed by atoms with Crippen LogP contribution in [0.2, 0.25) is 0 Å². The number of benzene rings is 1. The van der Waals surface area contributed by atoms with E-state index in [0.717, 1.165) is 42.9 Å². The zero-order chi connectivity index (χ0) is 16.8. The normalized spacial score (nSPS) is 17.5. The number of amides is 1. The number of hydrogen-bond donors (Lipinski definition) is 1. The highest BCUT2D eigenvalue weighted by molar-refractivity contribution is 5.85. The molecule has 0 aromatic heterocycles. The summed E-state index contributed by atoms with van der Waals surface area (Å²) in [6.45, 7) is 9.14. The molecule has 0 spiro atoms. The number of nitrogens with one attached hydrogen (secondary N) is 1. The van der Waals surface area contributed by atoms with Gasteiger partial charge in [-0.1, -0.05) is 26.0 Å². The summed E-state index contributed by atoms with van der Waals surface area (Å²) < 4.78 is 5.88. The molecule has 24 heavy (non-hydrogen) atoms. The quantitative estimate of drug-likeness (QED) is 0.851. The van der Waals surface area contributed by atoms with E-state index in [1.165, 1.54) is 6.42 Å². The average Bonchev–Trinajstić information content (AvgIpc) is 2.53. The van der Waals surface area contributed by atoms with Crippen molar-refractivity contribution in [1.29, 1.82) is 0 Å². The fourth-order valence-electron chi connectivity index (χ4n) is 3.22. The predicted octanol–water partition coefficient (Wildman–Crippen LogP) is 3.38. The first-order valence-electron chi connectivity index (χ1n) is 8.67. The van der Waals surface area contributed by atoms with E-state index in [9.17, 15) is 4.79 Å². The maximum absolute atomic E-state index is 12.5. The summed E-state index contributed by atoms with van der Waals surface area (Å²) in [6, 6.07) is 6.23. The fraction of sp³-hybridized carbons (Fsp3) is 0.632. The topological polar surface area (TPSA) is 41.6 Å². The Kier molecular flexibility index (Phi) is 8.57. The number of rotatable bonds is 6. The molecule has 1 aliphatic rings. The Bertz CT molecular complexity index is 532. The summed E-state index contributed by atoms with van der Waals surface area (Å²) in [7, 11) is 1.97. The minimum absolute atomic E-state index is 0. The molecular weight excluding hydrogens is 324 g/mol. The molecule has 1 aromatic carbocycles. The largest absolute Gasteiger partial charge is 0.483 e. The highest BCUT2D eigenvalue weighted by Gasteiger charge is 2.23. The molecule has 0 saturated carbocycles. The van der Waals surface area contributed by atoms with Crippen molar-refractivity contribution >= 4 is 18.3 Å². The molecule has 1 aromatic rings. The summed E-state index contributed by atoms with van der Waals surface area (Å²) in [5.74, 6) is 1.89. The molecule has 2 rings (SSSR count). The standard InChI is InChI=1S/C19H30N2O2.ClH/c1-14(2)17-8-7-15(3)10-18(17)23-13-19(22)21-9-5-6-16(12-21)11-20-4;/h7-8,10,14,16,20H,5-6,9,11-13H2,1-4H3;1H. The average molecular weight is 355 g/mol. The number of likely N-dealkylation sites (tertiary alicyclic amines) is 1. The third-order valence-electron chi connectivity index (χ3n) is 4.51. The van der Waals surface area contributed by atoms with Gasteiger partial charge in [0.25, 0.3) is 5.91 Å². The summed E-state index contributed by atoms with van der Waals surface area (Å²) in [4.78, 5) is 14.4. The van der Waals surface area contributed by atoms with Crippen LogP contribution in [-0.4, -0.2) is 44.1 Å². The van der Waals surface area contributed by atoms with Crippen molar-refractivity contribution in [3.05, 3.63) is 29.3 Å². The van der Waals surface area contributed by atoms with Gasteiger partial charge in [0.2, 0.25) is 0 Å². The maximum atomic E-state index is 12.5. The zero-order valence-electron chi connectivity index (χ0n) is 15.3. The summed E-state index contributed by atoms with van der Waals surface area (Å²) >= 11 is 0. The van der Waals surface area contributed by atoms with Gasteiger partial charge < -0.3 is 15.0 Å². The Hall–Kier alpha value is -1.26. The predicted molar refractivity (Wildman–Crippen MR) is 101 cm³/mol. The maximum Gasteiger partial charge on any atom is 0.260 e. The molecule has 1 amide bonds. The number of nitrogens with zero attached hydrogens (tertiary/aromatic N) is 1. The van der Waals surface area contributed by atoms with Gasteiger partial charge in [-0.15, -0.1) is 12.4 Å². The van der Waals surface area contributed by atoms with E-state index < -0.39 is 0 Å². The summed E-state index contributed by atoms with van der Waals surface area (Å²) in [5, 5.41) is 3.21. The number of aryl methyl sites for hydroxylation is 1. The van der Waals surface area contributed by atoms with E-state index in [2.05, 4.69) is 31.3 Å². The first-order valence-corrected chi connectivity index (χ1v) is 8.67. The van der Waals surface area contributed by atoms with E-state index in [1.54, 1.807) is 0 Å². The summed E-state index contributed by atoms with van der Waals surface area (Å²) in [6.07, 6.45) is 2.28. The Balaban J connectivity index is 0.00000288. The first kappa shape index (κ1) is 20.8. The number of carbonyl (C=O) groups is 1. The second-order valence-corrected chi connectivity index (χ2v) is 6.89. The molecule has 4 nitrogen and oxygen atoms in total. The van der Waals surface area contributed by atoms with Gasteiger partial charge in [0, 0.05) is 13.1 Å². The molecule has 0 radical (unpaired) electrons. The van der Waals surface area contributed by atoms with Gasteiger partial charge in [0.05, 0.1) is 0 Å². The second kappa shape index (κ2) is 9.90. The van der Waals surface area contributed by atoms with Crippen LogP contribution in [0.25, 0.3) is 0 Å². The minimum Gasteiger partial charge on any atom is -0.483 e. The lowest BCUT2D eigenvalue weighted by Crippen LogP contribution is -2.44. The lowest BCUT2D eigenvalue weighted by atomic mass is 9.98. The molecule has 0 bridgehead atoms. The van der Waals surface area contributed by atoms with Gasteiger partial charge >= 0.3 is 0 Å². The van der Waals surface area contributed by atoms with Crippen molar-refractivity contribution in [2.75, 3.05) is 33.3 Å². The molecule has 136 valence electrons. The Morgan fingerprint density at radius 3 is 2.83 bits per heavy atom. The monoisotopic (exact) mass is 354 g/mol. The molecule has 0 aliphatic carbocycles. The number of ether oxygens (including phenoxy) is 1. The highest BCUT2D eigenvalue weighted by Crippen LogP contribution is 2.27. The van der Waals surface area contributed by atoms with Gasteiger partial charge in [-0.3, -0.25) is 4.79 Å². The molecule has 5 heteroatoms. The highest BCUT2D eigenvalue weighted by atomic mass is 35.5. The fourth-order valence-corrected chi connectivity index (χ4v) is 3.22. The molecule has 1 atom stereocenters. The van der Waals surface area contributed by atoms with Crippen LogP contribution in [0.15, 0.2) is 18.2 Å². The Labute approximate surface area is 152 Å². The van der Waals surface area contributed by atoms with Gasteiger partial charge in [-0.25, -0.2) is 0 Å². The molecule has 1 N–H and O–H groups in total. The van der Waals surface area contributed by atoms with E-state index in [0.29, 0.717) is 11.8 Å². The van der Waals surface area contributed by atoms with Crippen molar-refractivity contribution in [1.82, 2.24) is 10.2 Å². The van der Waals surface area contributed by atoms with Gasteiger partial charge in [-0.05, 0) is 62.4 Å². The molecule has 1 unspecified atom stereocenters. The number of piperidine rings is 1. The van der Waals surface area contributed by atoms with E-state index >= 15 is 0 Å². The minimum atomic E-state index is 0. The number of carbonyl (C=O) groups excluding carboxylic acids is 1. The summed E-state index contributed by atoms with van der Waals surface area (Å²) in [5.41, 5.74) is 2.32. The lowest BCUT2D eigenvalue weighted by Gasteiger charge is -2.32. The molecule has 1 saturated heterocycles. The van der Waals surface area contributed by atoms with Crippen molar-refractivity contribution in [3.63, 3.8) is 0 Å². The number of hydrogen-bond acceptors (Lipinski definition) is 3. The SMILES string of the molecule is CNCC1CCCN(C(=O)COc2cc(C)ccc2C(C)C)C1.Cl. The van der Waals surface area contributed by atoms with Crippen LogP contribution in [0.3, 0.4) is 0 Å². The Morgan fingerprint density at radius 1 is 1.42 bits per heavy atom. The zero-order valence-corrected chi connectivity index (χ0v) is 16.1. The van der Waals surface area contributed by atoms with Crippen molar-refractivity contribution in [2.24, 2.45) is 5.92 Å².